The quantitative estimate of drug-likeness (QED) is 0.334. The number of hydrogen-bond donors (Lipinski definition) is 5. The first-order chi connectivity index (χ1) is 16.2. The molecule has 1 saturated heterocycles. The summed E-state index contributed by atoms with van der Waals surface area (Å²) in [5, 5.41) is 18.2. The molecule has 34 heavy (non-hydrogen) atoms. The molecule has 182 valence electrons. The molecule has 3 amide bonds. The second kappa shape index (κ2) is 10.1. The number of carbonyl (C=O) groups excluding carboxylic acids is 3. The fourth-order valence-corrected chi connectivity index (χ4v) is 4.71. The molecule has 1 saturated carbocycles. The topological polar surface area (TPSA) is 140 Å². The van der Waals surface area contributed by atoms with Gasteiger partial charge in [0, 0.05) is 17.8 Å². The number of aromatic amines is 1. The zero-order valence-electron chi connectivity index (χ0n) is 18.3. The minimum Gasteiger partial charge on any atom is -0.480 e. The van der Waals surface area contributed by atoms with E-state index in [0.717, 1.165) is 19.3 Å². The Labute approximate surface area is 203 Å². The maximum absolute atomic E-state index is 13.8. The first kappa shape index (κ1) is 24.2. The number of rotatable bonds is 9. The van der Waals surface area contributed by atoms with Gasteiger partial charge in [0.15, 0.2) is 0 Å². The number of benzene rings is 1. The van der Waals surface area contributed by atoms with Crippen LogP contribution in [0.3, 0.4) is 0 Å². The maximum atomic E-state index is 13.8. The van der Waals surface area contributed by atoms with Crippen molar-refractivity contribution in [2.45, 2.75) is 50.6 Å². The third kappa shape index (κ3) is 5.57. The van der Waals surface area contributed by atoms with E-state index < -0.39 is 41.6 Å². The van der Waals surface area contributed by atoms with Crippen LogP contribution in [0, 0.1) is 17.7 Å². The third-order valence-electron chi connectivity index (χ3n) is 6.35. The highest BCUT2D eigenvalue weighted by molar-refractivity contribution is 9.10. The smallest absolute Gasteiger partial charge is 0.326 e. The molecule has 1 aromatic heterocycles. The van der Waals surface area contributed by atoms with Gasteiger partial charge in [-0.3, -0.25) is 14.4 Å². The van der Waals surface area contributed by atoms with Gasteiger partial charge in [0.25, 0.3) is 5.91 Å². The van der Waals surface area contributed by atoms with Crippen molar-refractivity contribution in [3.8, 4) is 0 Å². The monoisotopic (exact) mass is 536 g/mol. The first-order valence-electron chi connectivity index (χ1n) is 11.3. The van der Waals surface area contributed by atoms with E-state index in [2.05, 4.69) is 36.9 Å². The molecular weight excluding hydrogens is 511 g/mol. The number of carbonyl (C=O) groups is 4. The highest BCUT2D eigenvalue weighted by atomic mass is 79.9. The molecule has 0 unspecified atom stereocenters. The molecule has 1 aliphatic carbocycles. The molecule has 11 heteroatoms. The van der Waals surface area contributed by atoms with Crippen LogP contribution in [0.2, 0.25) is 0 Å². The maximum Gasteiger partial charge on any atom is 0.326 e. The third-order valence-corrected chi connectivity index (χ3v) is 7.13. The molecule has 3 atom stereocenters. The van der Waals surface area contributed by atoms with Gasteiger partial charge in [-0.25, -0.2) is 9.18 Å². The Morgan fingerprint density at radius 1 is 1.15 bits per heavy atom. The van der Waals surface area contributed by atoms with E-state index in [9.17, 15) is 28.7 Å². The number of piperidine rings is 1. The summed E-state index contributed by atoms with van der Waals surface area (Å²) in [6.07, 6.45) is 3.54. The standard InChI is InChI=1S/C23H26BrFN4O5/c24-18-14(25)6-5-12-9-16(27-19(12)18)22(32)28-15(8-11-3-4-11)21(31)29-17(23(33)34)10-13-2-1-7-26-20(13)30/h5-6,9,11,13,15,17,27H,1-4,7-8,10H2,(H,26,30)(H,28,32)(H,29,31)(H,33,34)/t13-,15-,17-/m0/s1. The van der Waals surface area contributed by atoms with Gasteiger partial charge in [0.05, 0.1) is 9.99 Å². The van der Waals surface area contributed by atoms with E-state index in [0.29, 0.717) is 30.3 Å². The molecule has 5 N–H and O–H groups in total. The molecule has 2 aliphatic rings. The van der Waals surface area contributed by atoms with Crippen molar-refractivity contribution in [3.05, 3.63) is 34.2 Å². The fraction of sp³-hybridized carbons (Fsp3) is 0.478. The van der Waals surface area contributed by atoms with Gasteiger partial charge in [0.1, 0.15) is 23.6 Å². The Hall–Kier alpha value is -2.95. The summed E-state index contributed by atoms with van der Waals surface area (Å²) in [4.78, 5) is 52.6. The summed E-state index contributed by atoms with van der Waals surface area (Å²) in [5.74, 6) is -3.29. The number of H-pyrrole nitrogens is 1. The number of carboxylic acid groups (broad SMARTS) is 1. The number of nitrogens with one attached hydrogen (secondary N) is 4. The molecule has 0 bridgehead atoms. The lowest BCUT2D eigenvalue weighted by Gasteiger charge is -2.26. The fourth-order valence-electron chi connectivity index (χ4n) is 4.25. The Kier molecular flexibility index (Phi) is 7.20. The van der Waals surface area contributed by atoms with E-state index in [1.54, 1.807) is 6.07 Å². The normalized spacial score (nSPS) is 19.8. The average molecular weight is 537 g/mol. The number of aromatic nitrogens is 1. The summed E-state index contributed by atoms with van der Waals surface area (Å²) in [5.41, 5.74) is 0.577. The van der Waals surface area contributed by atoms with Crippen molar-refractivity contribution < 1.29 is 28.7 Å². The van der Waals surface area contributed by atoms with Gasteiger partial charge < -0.3 is 26.0 Å². The van der Waals surface area contributed by atoms with Crippen LogP contribution in [0.25, 0.3) is 10.9 Å². The van der Waals surface area contributed by atoms with E-state index in [1.165, 1.54) is 12.1 Å². The molecule has 2 fully saturated rings. The lowest BCUT2D eigenvalue weighted by Crippen LogP contribution is -2.53. The zero-order valence-corrected chi connectivity index (χ0v) is 19.9. The van der Waals surface area contributed by atoms with Gasteiger partial charge in [-0.1, -0.05) is 12.8 Å². The van der Waals surface area contributed by atoms with Crippen molar-refractivity contribution in [2.75, 3.05) is 6.54 Å². The number of fused-ring (bicyclic) bond motifs is 1. The molecule has 0 spiro atoms. The van der Waals surface area contributed by atoms with E-state index in [4.69, 9.17) is 0 Å². The average Bonchev–Trinajstić information content (AvgIpc) is 3.51. The second-order valence-corrected chi connectivity index (χ2v) is 9.77. The zero-order chi connectivity index (χ0) is 24.4. The molecule has 0 radical (unpaired) electrons. The lowest BCUT2D eigenvalue weighted by molar-refractivity contribution is -0.143. The van der Waals surface area contributed by atoms with E-state index >= 15 is 0 Å². The Balaban J connectivity index is 1.46. The lowest BCUT2D eigenvalue weighted by atomic mass is 9.91. The molecule has 1 aliphatic heterocycles. The van der Waals surface area contributed by atoms with Gasteiger partial charge in [0.2, 0.25) is 11.8 Å². The summed E-state index contributed by atoms with van der Waals surface area (Å²) in [6.45, 7) is 0.561. The number of hydrogen-bond acceptors (Lipinski definition) is 4. The van der Waals surface area contributed by atoms with E-state index in [-0.39, 0.29) is 28.4 Å². The summed E-state index contributed by atoms with van der Waals surface area (Å²) in [7, 11) is 0. The van der Waals surface area contributed by atoms with Crippen molar-refractivity contribution >= 4 is 50.5 Å². The number of halogens is 2. The second-order valence-electron chi connectivity index (χ2n) is 8.98. The highest BCUT2D eigenvalue weighted by Crippen LogP contribution is 2.34. The Bertz CT molecular complexity index is 1130. The van der Waals surface area contributed by atoms with Crippen LogP contribution in [0.1, 0.15) is 49.0 Å². The summed E-state index contributed by atoms with van der Waals surface area (Å²) in [6, 6.07) is 2.20. The van der Waals surface area contributed by atoms with Crippen LogP contribution < -0.4 is 16.0 Å². The number of aliphatic carboxylic acids is 1. The highest BCUT2D eigenvalue weighted by Gasteiger charge is 2.35. The van der Waals surface area contributed by atoms with Crippen molar-refractivity contribution in [3.63, 3.8) is 0 Å². The largest absolute Gasteiger partial charge is 0.480 e. The van der Waals surface area contributed by atoms with Crippen LogP contribution in [0.15, 0.2) is 22.7 Å². The molecule has 4 rings (SSSR count). The van der Waals surface area contributed by atoms with Crippen LogP contribution in [-0.4, -0.2) is 52.4 Å². The Morgan fingerprint density at radius 2 is 1.91 bits per heavy atom. The summed E-state index contributed by atoms with van der Waals surface area (Å²) < 4.78 is 14.0. The molecule has 1 aromatic carbocycles. The molecular formula is C23H26BrFN4O5. The number of carboxylic acids is 1. The first-order valence-corrected chi connectivity index (χ1v) is 12.1. The molecule has 2 aromatic rings. The molecule has 2 heterocycles. The molecule has 9 nitrogen and oxygen atoms in total. The van der Waals surface area contributed by atoms with Crippen molar-refractivity contribution in [1.82, 2.24) is 20.9 Å². The van der Waals surface area contributed by atoms with Gasteiger partial charge >= 0.3 is 5.97 Å². The van der Waals surface area contributed by atoms with Crippen LogP contribution >= 0.6 is 15.9 Å². The van der Waals surface area contributed by atoms with Crippen molar-refractivity contribution in [1.29, 1.82) is 0 Å². The van der Waals surface area contributed by atoms with Gasteiger partial charge in [-0.05, 0) is 65.7 Å². The SMILES string of the molecule is O=C(N[C@@H](CC1CC1)C(=O)N[C@@H](C[C@@H]1CCCNC1=O)C(=O)O)c1cc2ccc(F)c(Br)c2[nH]1. The summed E-state index contributed by atoms with van der Waals surface area (Å²) >= 11 is 3.16. The minimum atomic E-state index is -1.24. The van der Waals surface area contributed by atoms with Gasteiger partial charge in [-0.2, -0.15) is 0 Å². The van der Waals surface area contributed by atoms with E-state index in [1.807, 2.05) is 0 Å². The van der Waals surface area contributed by atoms with Crippen LogP contribution in [0.5, 0.6) is 0 Å². The van der Waals surface area contributed by atoms with Crippen LogP contribution in [-0.2, 0) is 14.4 Å². The van der Waals surface area contributed by atoms with Crippen molar-refractivity contribution in [2.24, 2.45) is 11.8 Å². The number of amides is 3. The minimum absolute atomic E-state index is 0.0153. The predicted octanol–water partition coefficient (Wildman–Crippen LogP) is 2.45. The van der Waals surface area contributed by atoms with Crippen LogP contribution in [0.4, 0.5) is 4.39 Å². The van der Waals surface area contributed by atoms with Gasteiger partial charge in [-0.15, -0.1) is 0 Å². The predicted molar refractivity (Wildman–Crippen MR) is 124 cm³/mol. The Morgan fingerprint density at radius 3 is 2.59 bits per heavy atom.